The second kappa shape index (κ2) is 5.88. The Hall–Kier alpha value is -1.13. The molecular weight excluding hydrogens is 263 g/mol. The van der Waals surface area contributed by atoms with E-state index in [1.54, 1.807) is 20.0 Å². The number of nitrogens with one attached hydrogen (secondary N) is 1. The summed E-state index contributed by atoms with van der Waals surface area (Å²) >= 11 is 0. The first-order valence-electron chi connectivity index (χ1n) is 6.32. The topological polar surface area (TPSA) is 77.3 Å². The van der Waals surface area contributed by atoms with E-state index in [0.717, 1.165) is 16.5 Å². The first kappa shape index (κ1) is 14.3. The molecule has 1 aromatic carbocycles. The number of para-hydroxylation sites is 1. The molecule has 6 heteroatoms. The summed E-state index contributed by atoms with van der Waals surface area (Å²) in [6, 6.07) is 7.72. The molecule has 1 heterocycles. The SMILES string of the molecule is CCOP(=O)(OCC)[C@H](N)c1c[nH]c2ccccc12. The van der Waals surface area contributed by atoms with Crippen molar-refractivity contribution in [3.8, 4) is 0 Å². The van der Waals surface area contributed by atoms with Gasteiger partial charge < -0.3 is 19.8 Å². The Bertz CT molecular complexity index is 586. The van der Waals surface area contributed by atoms with Gasteiger partial charge in [-0.2, -0.15) is 0 Å². The van der Waals surface area contributed by atoms with E-state index in [1.165, 1.54) is 0 Å². The van der Waals surface area contributed by atoms with E-state index in [9.17, 15) is 4.57 Å². The monoisotopic (exact) mass is 282 g/mol. The largest absolute Gasteiger partial charge is 0.361 e. The third-order valence-corrected chi connectivity index (χ3v) is 5.09. The second-order valence-corrected chi connectivity index (χ2v) is 6.26. The quantitative estimate of drug-likeness (QED) is 0.796. The van der Waals surface area contributed by atoms with E-state index in [-0.39, 0.29) is 0 Å². The molecule has 1 atom stereocenters. The lowest BCUT2D eigenvalue weighted by Gasteiger charge is -2.22. The fourth-order valence-electron chi connectivity index (χ4n) is 2.07. The fraction of sp³-hybridized carbons (Fsp3) is 0.385. The molecule has 0 saturated heterocycles. The second-order valence-electron chi connectivity index (χ2n) is 4.11. The highest BCUT2D eigenvalue weighted by Gasteiger charge is 2.35. The molecule has 1 aromatic heterocycles. The lowest BCUT2D eigenvalue weighted by Crippen LogP contribution is -2.14. The van der Waals surface area contributed by atoms with Gasteiger partial charge in [-0.05, 0) is 19.9 Å². The molecular formula is C13H19N2O3P. The highest BCUT2D eigenvalue weighted by atomic mass is 31.2. The number of fused-ring (bicyclic) bond motifs is 1. The third-order valence-electron chi connectivity index (χ3n) is 2.90. The first-order chi connectivity index (χ1) is 9.12. The van der Waals surface area contributed by atoms with E-state index >= 15 is 0 Å². The Morgan fingerprint density at radius 2 is 1.89 bits per heavy atom. The van der Waals surface area contributed by atoms with Crippen LogP contribution in [0.25, 0.3) is 10.9 Å². The van der Waals surface area contributed by atoms with Gasteiger partial charge in [-0.25, -0.2) is 0 Å². The number of hydrogen-bond donors (Lipinski definition) is 2. The summed E-state index contributed by atoms with van der Waals surface area (Å²) in [6.45, 7) is 4.14. The summed E-state index contributed by atoms with van der Waals surface area (Å²) < 4.78 is 23.3. The van der Waals surface area contributed by atoms with Crippen LogP contribution in [0.3, 0.4) is 0 Å². The van der Waals surface area contributed by atoms with Crippen LogP contribution in [0.5, 0.6) is 0 Å². The van der Waals surface area contributed by atoms with Crippen molar-refractivity contribution in [2.75, 3.05) is 13.2 Å². The molecule has 0 saturated carbocycles. The van der Waals surface area contributed by atoms with Gasteiger partial charge in [0.2, 0.25) is 0 Å². The summed E-state index contributed by atoms with van der Waals surface area (Å²) in [6.07, 6.45) is 1.76. The Morgan fingerprint density at radius 3 is 2.53 bits per heavy atom. The van der Waals surface area contributed by atoms with Crippen LogP contribution in [-0.4, -0.2) is 18.2 Å². The summed E-state index contributed by atoms with van der Waals surface area (Å²) in [5.74, 6) is -0.788. The van der Waals surface area contributed by atoms with Crippen molar-refractivity contribution in [1.29, 1.82) is 0 Å². The standard InChI is InChI=1S/C13H19N2O3P/c1-3-17-19(16,18-4-2)13(14)11-9-15-12-8-6-5-7-10(11)12/h5-9,13,15H,3-4,14H2,1-2H3/t13-/m0/s1. The molecule has 3 N–H and O–H groups in total. The lowest BCUT2D eigenvalue weighted by molar-refractivity contribution is 0.212. The van der Waals surface area contributed by atoms with E-state index < -0.39 is 13.4 Å². The Balaban J connectivity index is 2.41. The van der Waals surface area contributed by atoms with Gasteiger partial charge in [0.25, 0.3) is 0 Å². The highest BCUT2D eigenvalue weighted by Crippen LogP contribution is 2.58. The third kappa shape index (κ3) is 2.74. The van der Waals surface area contributed by atoms with Crippen molar-refractivity contribution in [2.45, 2.75) is 19.6 Å². The summed E-state index contributed by atoms with van der Waals surface area (Å²) in [5.41, 5.74) is 7.83. The van der Waals surface area contributed by atoms with Crippen LogP contribution >= 0.6 is 7.60 Å². The number of aromatic amines is 1. The van der Waals surface area contributed by atoms with Gasteiger partial charge in [0.1, 0.15) is 5.78 Å². The van der Waals surface area contributed by atoms with Gasteiger partial charge in [-0.15, -0.1) is 0 Å². The summed E-state index contributed by atoms with van der Waals surface area (Å²) in [5, 5.41) is 0.939. The maximum absolute atomic E-state index is 12.7. The van der Waals surface area contributed by atoms with E-state index in [0.29, 0.717) is 13.2 Å². The van der Waals surface area contributed by atoms with Gasteiger partial charge in [-0.3, -0.25) is 4.57 Å². The zero-order chi connectivity index (χ0) is 13.9. The van der Waals surface area contributed by atoms with Gasteiger partial charge in [-0.1, -0.05) is 18.2 Å². The van der Waals surface area contributed by atoms with E-state index in [2.05, 4.69) is 4.98 Å². The normalized spacial score (nSPS) is 13.8. The summed E-state index contributed by atoms with van der Waals surface area (Å²) in [7, 11) is -3.35. The molecule has 5 nitrogen and oxygen atoms in total. The fourth-order valence-corrected chi connectivity index (χ4v) is 3.74. The zero-order valence-corrected chi connectivity index (χ0v) is 12.0. The van der Waals surface area contributed by atoms with Crippen LogP contribution in [0.2, 0.25) is 0 Å². The van der Waals surface area contributed by atoms with Crippen molar-refractivity contribution in [1.82, 2.24) is 4.98 Å². The van der Waals surface area contributed by atoms with E-state index in [4.69, 9.17) is 14.8 Å². The first-order valence-corrected chi connectivity index (χ1v) is 7.94. The maximum atomic E-state index is 12.7. The molecule has 19 heavy (non-hydrogen) atoms. The minimum atomic E-state index is -3.35. The summed E-state index contributed by atoms with van der Waals surface area (Å²) in [4.78, 5) is 3.11. The van der Waals surface area contributed by atoms with Gasteiger partial charge in [0.05, 0.1) is 13.2 Å². The van der Waals surface area contributed by atoms with Crippen LogP contribution in [0.4, 0.5) is 0 Å². The molecule has 0 aliphatic heterocycles. The van der Waals surface area contributed by atoms with Gasteiger partial charge in [0.15, 0.2) is 0 Å². The number of hydrogen-bond acceptors (Lipinski definition) is 4. The Labute approximate surface area is 112 Å². The average molecular weight is 282 g/mol. The molecule has 0 fully saturated rings. The highest BCUT2D eigenvalue weighted by molar-refractivity contribution is 7.54. The number of H-pyrrole nitrogens is 1. The number of nitrogens with two attached hydrogens (primary N) is 1. The minimum absolute atomic E-state index is 0.299. The zero-order valence-electron chi connectivity index (χ0n) is 11.1. The van der Waals surface area contributed by atoms with Crippen molar-refractivity contribution in [3.05, 3.63) is 36.0 Å². The molecule has 104 valence electrons. The van der Waals surface area contributed by atoms with Gasteiger partial charge in [0, 0.05) is 22.7 Å². The lowest BCUT2D eigenvalue weighted by atomic mass is 10.2. The molecule has 2 rings (SSSR count). The minimum Gasteiger partial charge on any atom is -0.361 e. The molecule has 0 unspecified atom stereocenters. The number of rotatable bonds is 6. The molecule has 0 amide bonds. The molecule has 0 aliphatic carbocycles. The van der Waals surface area contributed by atoms with Crippen molar-refractivity contribution in [2.24, 2.45) is 5.73 Å². The predicted molar refractivity (Wildman–Crippen MR) is 76.1 cm³/mol. The number of benzene rings is 1. The van der Waals surface area contributed by atoms with Crippen molar-refractivity contribution < 1.29 is 13.6 Å². The Morgan fingerprint density at radius 1 is 1.26 bits per heavy atom. The number of aromatic nitrogens is 1. The molecule has 0 aliphatic rings. The predicted octanol–water partition coefficient (Wildman–Crippen LogP) is 3.39. The maximum Gasteiger partial charge on any atom is 0.351 e. The van der Waals surface area contributed by atoms with Crippen LogP contribution in [-0.2, 0) is 13.6 Å². The average Bonchev–Trinajstić information content (AvgIpc) is 2.82. The van der Waals surface area contributed by atoms with Crippen LogP contribution in [0.15, 0.2) is 30.5 Å². The molecule has 2 aromatic rings. The van der Waals surface area contributed by atoms with Crippen molar-refractivity contribution >= 4 is 18.5 Å². The molecule has 0 spiro atoms. The molecule has 0 radical (unpaired) electrons. The molecule has 0 bridgehead atoms. The van der Waals surface area contributed by atoms with E-state index in [1.807, 2.05) is 24.3 Å². The van der Waals surface area contributed by atoms with Crippen LogP contribution in [0, 0.1) is 0 Å². The Kier molecular flexibility index (Phi) is 4.42. The van der Waals surface area contributed by atoms with Crippen LogP contribution < -0.4 is 5.73 Å². The van der Waals surface area contributed by atoms with Crippen LogP contribution in [0.1, 0.15) is 25.2 Å². The van der Waals surface area contributed by atoms with Crippen molar-refractivity contribution in [3.63, 3.8) is 0 Å². The van der Waals surface area contributed by atoms with Gasteiger partial charge >= 0.3 is 7.60 Å². The smallest absolute Gasteiger partial charge is 0.351 e.